The van der Waals surface area contributed by atoms with Crippen molar-refractivity contribution in [2.24, 2.45) is 0 Å². The molecular weight excluding hydrogens is 298 g/mol. The Bertz CT molecular complexity index is 537. The number of hydrogen-bond acceptors (Lipinski definition) is 3. The first-order valence-corrected chi connectivity index (χ1v) is 6.22. The van der Waals surface area contributed by atoms with Gasteiger partial charge in [-0.2, -0.15) is 5.10 Å². The molecule has 0 unspecified atom stereocenters. The number of aromatic nitrogens is 2. The minimum atomic E-state index is -0.259. The zero-order chi connectivity index (χ0) is 13.0. The molecule has 0 fully saturated rings. The number of amides is 1. The first-order chi connectivity index (χ1) is 8.70. The average molecular weight is 310 g/mol. The second-order valence-electron chi connectivity index (χ2n) is 3.51. The summed E-state index contributed by atoms with van der Waals surface area (Å²) in [6, 6.07) is 7.08. The highest BCUT2D eigenvalue weighted by molar-refractivity contribution is 9.10. The molecule has 94 valence electrons. The van der Waals surface area contributed by atoms with E-state index in [2.05, 4.69) is 26.5 Å². The molecule has 2 rings (SSSR count). The van der Waals surface area contributed by atoms with E-state index in [9.17, 15) is 4.79 Å². The van der Waals surface area contributed by atoms with E-state index < -0.39 is 0 Å². The standard InChI is InChI=1S/C12H12BrN3O2/c1-2-18-15-12(17)9-3-5-11(6-4-9)16-8-10(13)7-14-16/h3-8H,2H2,1H3,(H,15,17). The van der Waals surface area contributed by atoms with Gasteiger partial charge in [-0.3, -0.25) is 9.63 Å². The van der Waals surface area contributed by atoms with Crippen molar-refractivity contribution >= 4 is 21.8 Å². The smallest absolute Gasteiger partial charge is 0.274 e. The molecule has 0 bridgehead atoms. The molecule has 0 saturated carbocycles. The molecule has 0 radical (unpaired) electrons. The number of nitrogens with zero attached hydrogens (tertiary/aromatic N) is 2. The summed E-state index contributed by atoms with van der Waals surface area (Å²) in [5.41, 5.74) is 3.77. The fraction of sp³-hybridized carbons (Fsp3) is 0.167. The second kappa shape index (κ2) is 5.79. The van der Waals surface area contributed by atoms with Crippen molar-refractivity contribution in [3.8, 4) is 5.69 Å². The fourth-order valence-corrected chi connectivity index (χ4v) is 1.69. The Morgan fingerprint density at radius 2 is 2.17 bits per heavy atom. The van der Waals surface area contributed by atoms with Crippen molar-refractivity contribution in [3.63, 3.8) is 0 Å². The molecular formula is C12H12BrN3O2. The van der Waals surface area contributed by atoms with Gasteiger partial charge < -0.3 is 0 Å². The predicted octanol–water partition coefficient (Wildman–Crippen LogP) is 2.32. The summed E-state index contributed by atoms with van der Waals surface area (Å²) in [6.45, 7) is 2.24. The number of carbonyl (C=O) groups is 1. The van der Waals surface area contributed by atoms with Crippen LogP contribution < -0.4 is 5.48 Å². The van der Waals surface area contributed by atoms with Crippen LogP contribution in [-0.4, -0.2) is 22.3 Å². The number of benzene rings is 1. The van der Waals surface area contributed by atoms with Gasteiger partial charge in [0.25, 0.3) is 5.91 Å². The topological polar surface area (TPSA) is 56.1 Å². The van der Waals surface area contributed by atoms with Gasteiger partial charge in [-0.05, 0) is 47.1 Å². The van der Waals surface area contributed by atoms with Gasteiger partial charge in [0.05, 0.1) is 23.0 Å². The predicted molar refractivity (Wildman–Crippen MR) is 70.4 cm³/mol. The van der Waals surface area contributed by atoms with E-state index >= 15 is 0 Å². The number of nitrogens with one attached hydrogen (secondary N) is 1. The lowest BCUT2D eigenvalue weighted by Gasteiger charge is -2.05. The summed E-state index contributed by atoms with van der Waals surface area (Å²) in [5, 5.41) is 4.15. The molecule has 1 aromatic carbocycles. The zero-order valence-corrected chi connectivity index (χ0v) is 11.3. The van der Waals surface area contributed by atoms with Crippen LogP contribution in [0.25, 0.3) is 5.69 Å². The van der Waals surface area contributed by atoms with Crippen molar-refractivity contribution in [2.75, 3.05) is 6.61 Å². The molecule has 18 heavy (non-hydrogen) atoms. The first-order valence-electron chi connectivity index (χ1n) is 5.43. The van der Waals surface area contributed by atoms with Crippen LogP contribution in [0.5, 0.6) is 0 Å². The second-order valence-corrected chi connectivity index (χ2v) is 4.43. The van der Waals surface area contributed by atoms with Crippen LogP contribution in [0.15, 0.2) is 41.1 Å². The number of carbonyl (C=O) groups excluding carboxylic acids is 1. The van der Waals surface area contributed by atoms with Crippen molar-refractivity contribution in [1.82, 2.24) is 15.3 Å². The molecule has 1 amide bonds. The summed E-state index contributed by atoms with van der Waals surface area (Å²) < 4.78 is 2.62. The first kappa shape index (κ1) is 12.8. The lowest BCUT2D eigenvalue weighted by Crippen LogP contribution is -2.23. The van der Waals surface area contributed by atoms with Gasteiger partial charge >= 0.3 is 0 Å². The number of rotatable bonds is 4. The third kappa shape index (κ3) is 2.96. The molecule has 0 spiro atoms. The third-order valence-electron chi connectivity index (χ3n) is 2.25. The molecule has 5 nitrogen and oxygen atoms in total. The molecule has 6 heteroatoms. The van der Waals surface area contributed by atoms with Gasteiger partial charge in [-0.15, -0.1) is 0 Å². The monoisotopic (exact) mass is 309 g/mol. The Morgan fingerprint density at radius 1 is 1.44 bits per heavy atom. The van der Waals surface area contributed by atoms with Crippen LogP contribution in [-0.2, 0) is 4.84 Å². The fourth-order valence-electron chi connectivity index (χ4n) is 1.40. The molecule has 0 aliphatic rings. The van der Waals surface area contributed by atoms with Gasteiger partial charge in [0.1, 0.15) is 0 Å². The highest BCUT2D eigenvalue weighted by Gasteiger charge is 2.05. The number of hydroxylamine groups is 1. The van der Waals surface area contributed by atoms with Crippen LogP contribution in [0, 0.1) is 0 Å². The Hall–Kier alpha value is -1.66. The minimum Gasteiger partial charge on any atom is -0.274 e. The molecule has 0 saturated heterocycles. The van der Waals surface area contributed by atoms with Gasteiger partial charge in [0, 0.05) is 11.8 Å². The normalized spacial score (nSPS) is 10.3. The Balaban J connectivity index is 2.12. The van der Waals surface area contributed by atoms with E-state index in [1.807, 2.05) is 18.3 Å². The van der Waals surface area contributed by atoms with E-state index in [1.165, 1.54) is 0 Å². The molecule has 1 aromatic heterocycles. The maximum atomic E-state index is 11.6. The van der Waals surface area contributed by atoms with Crippen molar-refractivity contribution < 1.29 is 9.63 Å². The third-order valence-corrected chi connectivity index (χ3v) is 2.66. The summed E-state index contributed by atoms with van der Waals surface area (Å²) in [4.78, 5) is 16.4. The van der Waals surface area contributed by atoms with Gasteiger partial charge in [-0.25, -0.2) is 10.2 Å². The van der Waals surface area contributed by atoms with Crippen LogP contribution in [0.2, 0.25) is 0 Å². The minimum absolute atomic E-state index is 0.259. The molecule has 0 aliphatic heterocycles. The molecule has 1 heterocycles. The van der Waals surface area contributed by atoms with Crippen LogP contribution in [0.1, 0.15) is 17.3 Å². The Kier molecular flexibility index (Phi) is 4.11. The van der Waals surface area contributed by atoms with Crippen LogP contribution in [0.3, 0.4) is 0 Å². The van der Waals surface area contributed by atoms with E-state index in [0.717, 1.165) is 10.2 Å². The summed E-state index contributed by atoms with van der Waals surface area (Å²) in [5.74, 6) is -0.259. The molecule has 0 aliphatic carbocycles. The van der Waals surface area contributed by atoms with Crippen molar-refractivity contribution in [1.29, 1.82) is 0 Å². The maximum absolute atomic E-state index is 11.6. The molecule has 1 N–H and O–H groups in total. The van der Waals surface area contributed by atoms with Crippen molar-refractivity contribution in [3.05, 3.63) is 46.7 Å². The van der Waals surface area contributed by atoms with E-state index in [-0.39, 0.29) is 5.91 Å². The maximum Gasteiger partial charge on any atom is 0.274 e. The lowest BCUT2D eigenvalue weighted by molar-refractivity contribution is 0.0364. The number of halogens is 1. The summed E-state index contributed by atoms with van der Waals surface area (Å²) in [6.07, 6.45) is 3.55. The Labute approximate surface area is 113 Å². The van der Waals surface area contributed by atoms with Crippen LogP contribution >= 0.6 is 15.9 Å². The highest BCUT2D eigenvalue weighted by atomic mass is 79.9. The zero-order valence-electron chi connectivity index (χ0n) is 9.76. The van der Waals surface area contributed by atoms with Gasteiger partial charge in [-0.1, -0.05) is 0 Å². The Morgan fingerprint density at radius 3 is 2.72 bits per heavy atom. The highest BCUT2D eigenvalue weighted by Crippen LogP contribution is 2.13. The van der Waals surface area contributed by atoms with Crippen molar-refractivity contribution in [2.45, 2.75) is 6.92 Å². The van der Waals surface area contributed by atoms with Crippen LogP contribution in [0.4, 0.5) is 0 Å². The van der Waals surface area contributed by atoms with E-state index in [4.69, 9.17) is 4.84 Å². The molecule has 0 atom stereocenters. The SMILES string of the molecule is CCONC(=O)c1ccc(-n2cc(Br)cn2)cc1. The van der Waals surface area contributed by atoms with E-state index in [0.29, 0.717) is 12.2 Å². The quantitative estimate of drug-likeness (QED) is 0.882. The lowest BCUT2D eigenvalue weighted by atomic mass is 10.2. The summed E-state index contributed by atoms with van der Waals surface area (Å²) >= 11 is 3.33. The molecule has 2 aromatic rings. The van der Waals surface area contributed by atoms with E-state index in [1.54, 1.807) is 29.9 Å². The number of hydrogen-bond donors (Lipinski definition) is 1. The largest absolute Gasteiger partial charge is 0.274 e. The average Bonchev–Trinajstić information content (AvgIpc) is 2.83. The van der Waals surface area contributed by atoms with Gasteiger partial charge in [0.2, 0.25) is 0 Å². The van der Waals surface area contributed by atoms with Gasteiger partial charge in [0.15, 0.2) is 0 Å². The summed E-state index contributed by atoms with van der Waals surface area (Å²) in [7, 11) is 0.